The van der Waals surface area contributed by atoms with Gasteiger partial charge in [0.05, 0.1) is 17.9 Å². The summed E-state index contributed by atoms with van der Waals surface area (Å²) >= 11 is 0. The van der Waals surface area contributed by atoms with E-state index in [2.05, 4.69) is 31.3 Å². The Labute approximate surface area is 254 Å². The smallest absolute Gasteiger partial charge is 0.267 e. The van der Waals surface area contributed by atoms with Crippen LogP contribution in [0.15, 0.2) is 24.3 Å². The largest absolute Gasteiger partial charge is 0.387 e. The van der Waals surface area contributed by atoms with E-state index in [1.807, 2.05) is 0 Å². The molecule has 0 bridgehead atoms. The van der Waals surface area contributed by atoms with Crippen molar-refractivity contribution in [3.05, 3.63) is 24.3 Å². The lowest BCUT2D eigenvalue weighted by Crippen LogP contribution is -2.46. The van der Waals surface area contributed by atoms with Crippen molar-refractivity contribution < 1.29 is 22.9 Å². The molecule has 1 amide bonds. The summed E-state index contributed by atoms with van der Waals surface area (Å²) in [6.45, 7) is 4.39. The molecule has 3 N–H and O–H groups in total. The number of amides is 1. The molecule has 2 atom stereocenters. The van der Waals surface area contributed by atoms with E-state index in [4.69, 9.17) is 0 Å². The summed E-state index contributed by atoms with van der Waals surface area (Å²) in [7, 11) is -4.33. The van der Waals surface area contributed by atoms with Crippen molar-refractivity contribution in [2.75, 3.05) is 5.75 Å². The molecule has 0 heterocycles. The number of carbonyl (C=O) groups is 1. The first-order valence-electron chi connectivity index (χ1n) is 17.0. The number of aliphatic hydroxyl groups excluding tert-OH is 1. The van der Waals surface area contributed by atoms with E-state index in [1.165, 1.54) is 109 Å². The summed E-state index contributed by atoms with van der Waals surface area (Å²) in [6.07, 6.45) is 34.8. The van der Waals surface area contributed by atoms with Crippen molar-refractivity contribution in [2.45, 2.75) is 180 Å². The van der Waals surface area contributed by atoms with Crippen LogP contribution in [0.25, 0.3) is 0 Å². The third kappa shape index (κ3) is 30.1. The first-order chi connectivity index (χ1) is 19.8. The van der Waals surface area contributed by atoms with Gasteiger partial charge in [0.25, 0.3) is 10.1 Å². The van der Waals surface area contributed by atoms with Crippen molar-refractivity contribution >= 4 is 16.0 Å². The third-order valence-electron chi connectivity index (χ3n) is 7.61. The average molecular weight is 600 g/mol. The number of carbonyl (C=O) groups excluding carboxylic acids is 1. The van der Waals surface area contributed by atoms with Gasteiger partial charge in [0.2, 0.25) is 5.91 Å². The van der Waals surface area contributed by atoms with Gasteiger partial charge in [-0.25, -0.2) is 0 Å². The molecule has 0 fully saturated rings. The van der Waals surface area contributed by atoms with E-state index in [9.17, 15) is 22.9 Å². The number of unbranched alkanes of at least 4 members (excludes halogenated alkanes) is 20. The van der Waals surface area contributed by atoms with Gasteiger partial charge < -0.3 is 10.4 Å². The van der Waals surface area contributed by atoms with Crippen molar-refractivity contribution in [3.8, 4) is 0 Å². The lowest BCUT2D eigenvalue weighted by Gasteiger charge is -2.21. The predicted molar refractivity (Wildman–Crippen MR) is 175 cm³/mol. The maximum Gasteiger partial charge on any atom is 0.267 e. The van der Waals surface area contributed by atoms with Crippen LogP contribution in [0, 0.1) is 0 Å². The topological polar surface area (TPSA) is 104 Å². The molecule has 0 spiro atoms. The van der Waals surface area contributed by atoms with E-state index in [0.29, 0.717) is 12.8 Å². The number of hydrogen-bond acceptors (Lipinski definition) is 4. The Morgan fingerprint density at radius 2 is 1.05 bits per heavy atom. The molecule has 6 nitrogen and oxygen atoms in total. The summed E-state index contributed by atoms with van der Waals surface area (Å²) in [6, 6.07) is -1.07. The van der Waals surface area contributed by atoms with E-state index in [-0.39, 0.29) is 5.91 Å². The van der Waals surface area contributed by atoms with Gasteiger partial charge >= 0.3 is 0 Å². The number of aliphatic hydroxyl groups is 1. The number of allylic oxidation sites excluding steroid dienone is 3. The van der Waals surface area contributed by atoms with Gasteiger partial charge in [0.1, 0.15) is 0 Å². The highest BCUT2D eigenvalue weighted by Gasteiger charge is 2.24. The molecule has 0 aromatic carbocycles. The van der Waals surface area contributed by atoms with E-state index >= 15 is 0 Å². The standard InChI is InChI=1S/C34H65NO5S/c1-3-5-7-9-11-12-13-14-15-16-17-18-19-20-21-22-24-26-28-30-34(37)35-32(31-41(38,39)40)33(36)29-27-25-23-10-8-6-4-2/h8,10,27,29,32-33,36H,3-7,9,11-26,28,30-31H2,1-2H3,(H,35,37)(H,38,39,40)/b10-8+,29-27+. The lowest BCUT2D eigenvalue weighted by molar-refractivity contribution is -0.122. The van der Waals surface area contributed by atoms with Crippen LogP contribution in [0.4, 0.5) is 0 Å². The van der Waals surface area contributed by atoms with Gasteiger partial charge in [-0.05, 0) is 25.7 Å². The molecule has 7 heteroatoms. The Morgan fingerprint density at radius 1 is 0.634 bits per heavy atom. The van der Waals surface area contributed by atoms with E-state index < -0.39 is 28.0 Å². The molecule has 0 saturated heterocycles. The Hall–Kier alpha value is -1.18. The van der Waals surface area contributed by atoms with Crippen LogP contribution in [0.5, 0.6) is 0 Å². The van der Waals surface area contributed by atoms with Gasteiger partial charge in [-0.1, -0.05) is 160 Å². The zero-order valence-corrected chi connectivity index (χ0v) is 27.5. The van der Waals surface area contributed by atoms with Crippen LogP contribution in [0.2, 0.25) is 0 Å². The minimum absolute atomic E-state index is 0.291. The van der Waals surface area contributed by atoms with Crippen LogP contribution in [-0.4, -0.2) is 41.9 Å². The molecule has 0 radical (unpaired) electrons. The summed E-state index contributed by atoms with van der Waals surface area (Å²) in [5.74, 6) is -1.000. The highest BCUT2D eigenvalue weighted by molar-refractivity contribution is 7.85. The number of hydrogen-bond donors (Lipinski definition) is 3. The summed E-state index contributed by atoms with van der Waals surface area (Å²) < 4.78 is 32.1. The van der Waals surface area contributed by atoms with Crippen LogP contribution >= 0.6 is 0 Å². The summed E-state index contributed by atoms with van der Waals surface area (Å²) in [4.78, 5) is 12.4. The van der Waals surface area contributed by atoms with Crippen LogP contribution in [-0.2, 0) is 14.9 Å². The fraction of sp³-hybridized carbons (Fsp3) is 0.853. The summed E-state index contributed by atoms with van der Waals surface area (Å²) in [5.41, 5.74) is 0. The van der Waals surface area contributed by atoms with Gasteiger partial charge in [0.15, 0.2) is 0 Å². The minimum Gasteiger partial charge on any atom is -0.387 e. The molecule has 41 heavy (non-hydrogen) atoms. The molecule has 0 aliphatic carbocycles. The molecule has 0 aromatic heterocycles. The molecule has 0 aliphatic rings. The molecule has 242 valence electrons. The summed E-state index contributed by atoms with van der Waals surface area (Å²) in [5, 5.41) is 13.0. The second-order valence-corrected chi connectivity index (χ2v) is 13.3. The highest BCUT2D eigenvalue weighted by atomic mass is 32.2. The fourth-order valence-corrected chi connectivity index (χ4v) is 5.79. The van der Waals surface area contributed by atoms with Crippen molar-refractivity contribution in [2.24, 2.45) is 0 Å². The van der Waals surface area contributed by atoms with Crippen LogP contribution < -0.4 is 5.32 Å². The SMILES string of the molecule is CCC/C=C/CC/C=C/C(O)C(CS(=O)(=O)O)NC(=O)CCCCCCCCCCCCCCCCCCCCC. The van der Waals surface area contributed by atoms with E-state index in [0.717, 1.165) is 38.5 Å². The Balaban J connectivity index is 3.83. The molecular formula is C34H65NO5S. The Bertz CT molecular complexity index is 750. The van der Waals surface area contributed by atoms with E-state index in [1.54, 1.807) is 6.08 Å². The number of nitrogens with one attached hydrogen (secondary N) is 1. The molecule has 0 aromatic rings. The maximum atomic E-state index is 12.4. The third-order valence-corrected chi connectivity index (χ3v) is 8.39. The number of rotatable bonds is 30. The molecule has 0 rings (SSSR count). The molecule has 0 aliphatic heterocycles. The first-order valence-corrected chi connectivity index (χ1v) is 18.6. The van der Waals surface area contributed by atoms with Gasteiger partial charge in [0, 0.05) is 6.42 Å². The van der Waals surface area contributed by atoms with Crippen LogP contribution in [0.3, 0.4) is 0 Å². The second kappa shape index (κ2) is 28.9. The highest BCUT2D eigenvalue weighted by Crippen LogP contribution is 2.15. The molecule has 0 saturated carbocycles. The normalized spacial score (nSPS) is 13.8. The monoisotopic (exact) mass is 599 g/mol. The zero-order chi connectivity index (χ0) is 30.4. The van der Waals surface area contributed by atoms with Crippen molar-refractivity contribution in [1.82, 2.24) is 5.32 Å². The van der Waals surface area contributed by atoms with Gasteiger partial charge in [-0.15, -0.1) is 0 Å². The van der Waals surface area contributed by atoms with Crippen molar-refractivity contribution in [3.63, 3.8) is 0 Å². The average Bonchev–Trinajstić information content (AvgIpc) is 2.92. The van der Waals surface area contributed by atoms with Crippen molar-refractivity contribution in [1.29, 1.82) is 0 Å². The first kappa shape index (κ1) is 39.8. The fourth-order valence-electron chi connectivity index (χ4n) is 5.06. The Morgan fingerprint density at radius 3 is 1.49 bits per heavy atom. The van der Waals surface area contributed by atoms with Gasteiger partial charge in [-0.3, -0.25) is 9.35 Å². The quantitative estimate of drug-likeness (QED) is 0.0434. The zero-order valence-electron chi connectivity index (χ0n) is 26.7. The minimum atomic E-state index is -4.33. The van der Waals surface area contributed by atoms with Gasteiger partial charge in [-0.2, -0.15) is 8.42 Å². The Kier molecular flexibility index (Phi) is 28.1. The predicted octanol–water partition coefficient (Wildman–Crippen LogP) is 9.23. The maximum absolute atomic E-state index is 12.4. The molecule has 2 unspecified atom stereocenters. The van der Waals surface area contributed by atoms with Crippen LogP contribution in [0.1, 0.15) is 168 Å². The lowest BCUT2D eigenvalue weighted by atomic mass is 10.0. The second-order valence-electron chi connectivity index (χ2n) is 11.8. The molecular weight excluding hydrogens is 534 g/mol.